The quantitative estimate of drug-likeness (QED) is 0.0274. The van der Waals surface area contributed by atoms with Gasteiger partial charge in [0.2, 0.25) is 0 Å². The third-order valence-corrected chi connectivity index (χ3v) is 17.8. The molecule has 584 valence electrons. The normalized spacial score (nSPS) is 33.2. The molecular formula is C61H90F4N12O23S4. The van der Waals surface area contributed by atoms with Crippen LogP contribution in [-0.4, -0.2) is 232 Å². The smallest absolute Gasteiger partial charge is 0.328 e. The van der Waals surface area contributed by atoms with Crippen LogP contribution in [0.15, 0.2) is 57.1 Å². The zero-order chi connectivity index (χ0) is 84.7. The van der Waals surface area contributed by atoms with Gasteiger partial charge in [-0.25, -0.2) is 31.9 Å². The zero-order valence-corrected chi connectivity index (χ0v) is 61.0. The molecule has 35 nitrogen and oxygen atoms in total. The molecule has 0 spiro atoms. The fourth-order valence-electron chi connectivity index (χ4n) is 9.04. The summed E-state index contributed by atoms with van der Waals surface area (Å²) in [6.45, 7) is 13.6. The van der Waals surface area contributed by atoms with E-state index in [1.54, 1.807) is 69.2 Å². The first-order chi connectivity index (χ1) is 50.1. The van der Waals surface area contributed by atoms with E-state index in [2.05, 4.69) is 36.3 Å². The molecule has 8 rings (SSSR count). The summed E-state index contributed by atoms with van der Waals surface area (Å²) in [4.78, 5) is 91.8. The number of aliphatic hydroxyl groups excluding tert-OH is 8. The minimum atomic E-state index is -3.79. The summed E-state index contributed by atoms with van der Waals surface area (Å²) in [5.41, 5.74) is 21.4. The molecule has 43 heteroatoms. The number of ether oxygens (including phenoxy) is 8. The number of alkyl halides is 4. The van der Waals surface area contributed by atoms with Crippen LogP contribution < -0.4 is 45.3 Å². The molecule has 5 aliphatic heterocycles. The summed E-state index contributed by atoms with van der Waals surface area (Å²) in [7, 11) is 0. The standard InChI is InChI=1S/C16H24FN3O5S.3C15H22FN3O6S/c1-7(2)10(18)15(23)24-6-16(17)12(22)11(21)14(25-16)20-5-8(3)13(26)19-9(20)4;3*1-6(2)8(17)13(22)24-5-15(16)10(21)9(20)12(25-15)19-4-7(3)11(26)18-14(19)23/h5,7,10-12,14,21-22H,4,6,18H2,1-3H3,(H,19,26);3*4,6,8-10,12,20-21H,5,17H2,1-3H3,(H,18,23,26)/t10-,11+,12-,14+,16+;3*8-,9+,10-,12+,15+/m0000/s1/i6D2,14D;12D;5D2;. The minimum absolute atomic E-state index is 0.0783. The van der Waals surface area contributed by atoms with Crippen molar-refractivity contribution in [1.82, 2.24) is 38.9 Å². The van der Waals surface area contributed by atoms with Gasteiger partial charge in [0.05, 0.1) is 8.22 Å². The van der Waals surface area contributed by atoms with Gasteiger partial charge in [-0.3, -0.25) is 47.8 Å². The predicted molar refractivity (Wildman–Crippen MR) is 366 cm³/mol. The Hall–Kier alpha value is -6.57. The molecule has 4 saturated heterocycles. The molecule has 4 fully saturated rings. The number of nitrogens with two attached hydrogens (primary N) is 4. The maximum absolute atomic E-state index is 15.5. The number of carbonyl (C=O) groups excluding carboxylic acids is 4. The fourth-order valence-corrected chi connectivity index (χ4v) is 9.63. The highest BCUT2D eigenvalue weighted by Crippen LogP contribution is 2.42. The lowest BCUT2D eigenvalue weighted by atomic mass is 10.1. The topological polar surface area (TPSA) is 537 Å². The van der Waals surface area contributed by atoms with Gasteiger partial charge in [-0.2, -0.15) is 0 Å². The number of H-pyrrole nitrogens is 3. The Labute approximate surface area is 620 Å². The summed E-state index contributed by atoms with van der Waals surface area (Å²) in [5.74, 6) is -19.3. The molecule has 104 heavy (non-hydrogen) atoms. The second-order valence-electron chi connectivity index (χ2n) is 25.7. The van der Waals surface area contributed by atoms with Gasteiger partial charge >= 0.3 is 40.9 Å². The number of aromatic amines is 3. The SMILES string of the molecule is Cc1cn([C@@H]2O[C@](F)(COC(=O)[C@@H](N)C(C)C)[C@@H](O)[C@H]2O)c(=O)[nH]c1=S.[2H]C([2H])(OC(=O)[C@@H](N)C(C)C)[C@@]1(F)O[C@@H](n2cc(C)c(=S)[nH]c2=O)[C@H](O)[C@@H]1O.[2H]C([2H])(OC(=O)[C@@H](N)C(C)C)[C@@]1(F)O[C@@]([2H])(N2C=C(C)C(=S)NC2=C)[C@H](O)[C@@H]1O.[2H][C@@]1(n2cc(C)c(=S)[nH]c2=O)O[C@](F)(COC(=O)[C@@H](N)C(C)C)[C@@H](O)[C@H]1O. The maximum Gasteiger partial charge on any atom is 0.328 e. The number of rotatable bonds is 20. The van der Waals surface area contributed by atoms with Crippen molar-refractivity contribution in [2.24, 2.45) is 46.6 Å². The van der Waals surface area contributed by atoms with Crippen molar-refractivity contribution in [3.05, 3.63) is 105 Å². The van der Waals surface area contributed by atoms with Crippen LogP contribution in [0.4, 0.5) is 17.6 Å². The average Bonchev–Trinajstić information content (AvgIpc) is 1.57. The summed E-state index contributed by atoms with van der Waals surface area (Å²) >= 11 is 19.8. The van der Waals surface area contributed by atoms with E-state index in [9.17, 15) is 78.8 Å². The highest BCUT2D eigenvalue weighted by molar-refractivity contribution is 7.80. The van der Waals surface area contributed by atoms with E-state index in [4.69, 9.17) is 108 Å². The van der Waals surface area contributed by atoms with E-state index >= 15 is 13.2 Å². The molecule has 0 amide bonds. The van der Waals surface area contributed by atoms with E-state index in [1.165, 1.54) is 26.2 Å². The van der Waals surface area contributed by atoms with Gasteiger partial charge in [-0.15, -0.1) is 0 Å². The van der Waals surface area contributed by atoms with Crippen LogP contribution in [0.1, 0.15) is 106 Å². The molecule has 0 saturated carbocycles. The van der Waals surface area contributed by atoms with E-state index in [-0.39, 0.29) is 36.6 Å². The van der Waals surface area contributed by atoms with Gasteiger partial charge < -0.3 is 112 Å². The van der Waals surface area contributed by atoms with Gasteiger partial charge in [-0.05, 0) is 51.4 Å². The molecule has 3 aromatic rings. The Balaban J connectivity index is 0.000000263. The van der Waals surface area contributed by atoms with Gasteiger partial charge in [0.25, 0.3) is 23.4 Å². The van der Waals surface area contributed by atoms with E-state index < -0.39 is 200 Å². The Morgan fingerprint density at radius 3 is 1.19 bits per heavy atom. The second kappa shape index (κ2) is 35.4. The Kier molecular flexibility index (Phi) is 26.7. The van der Waals surface area contributed by atoms with Gasteiger partial charge in [0, 0.05) is 47.1 Å². The molecule has 0 radical (unpaired) electrons. The maximum atomic E-state index is 15.5. The van der Waals surface area contributed by atoms with E-state index in [0.717, 1.165) is 26.4 Å². The molecule has 8 heterocycles. The number of carbonyl (C=O) groups is 4. The number of nitrogens with one attached hydrogen (secondary N) is 4. The molecule has 0 bridgehead atoms. The number of aromatic nitrogens is 6. The third kappa shape index (κ3) is 20.2. The van der Waals surface area contributed by atoms with Crippen molar-refractivity contribution < 1.29 is 124 Å². The van der Waals surface area contributed by atoms with Crippen molar-refractivity contribution in [2.75, 3.05) is 26.3 Å². The molecule has 0 aromatic carbocycles. The lowest BCUT2D eigenvalue weighted by Gasteiger charge is -2.35. The van der Waals surface area contributed by atoms with Crippen LogP contribution >= 0.6 is 48.9 Å². The Bertz CT molecular complexity index is 4360. The summed E-state index contributed by atoms with van der Waals surface area (Å²) < 4.78 is 150. The molecule has 0 aliphatic carbocycles. The lowest BCUT2D eigenvalue weighted by Crippen LogP contribution is -2.47. The molecular weight excluding hydrogens is 1470 g/mol. The monoisotopic (exact) mass is 1570 g/mol. The molecule has 5 aliphatic rings. The number of aliphatic hydroxyl groups is 8. The summed E-state index contributed by atoms with van der Waals surface area (Å²) in [6, 6.07) is -4.53. The number of hydrogen-bond acceptors (Lipinski definition) is 32. The highest BCUT2D eigenvalue weighted by atomic mass is 32.1. The zero-order valence-electron chi connectivity index (χ0n) is 63.8. The molecule has 20 atom stereocenters. The van der Waals surface area contributed by atoms with Gasteiger partial charge in [-0.1, -0.05) is 111 Å². The van der Waals surface area contributed by atoms with Crippen LogP contribution in [0.3, 0.4) is 0 Å². The van der Waals surface area contributed by atoms with Crippen molar-refractivity contribution in [2.45, 2.75) is 204 Å². The van der Waals surface area contributed by atoms with Gasteiger partial charge in [0.15, 0.2) is 51.2 Å². The van der Waals surface area contributed by atoms with Crippen LogP contribution in [-0.2, 0) is 57.1 Å². The average molecular weight is 1570 g/mol. The Morgan fingerprint density at radius 1 is 0.519 bits per heavy atom. The van der Waals surface area contributed by atoms with Crippen molar-refractivity contribution in [3.8, 4) is 0 Å². The van der Waals surface area contributed by atoms with Crippen LogP contribution in [0.25, 0.3) is 0 Å². The van der Waals surface area contributed by atoms with E-state index in [1.807, 2.05) is 0 Å². The number of aryl methyl sites for hydroxylation is 3. The number of halogens is 4. The van der Waals surface area contributed by atoms with Gasteiger partial charge in [0.1, 0.15) is 97.7 Å². The van der Waals surface area contributed by atoms with Crippen molar-refractivity contribution in [1.29, 1.82) is 0 Å². The summed E-state index contributed by atoms with van der Waals surface area (Å²) in [5, 5.41) is 83.9. The first kappa shape index (κ1) is 78.5. The first-order valence-electron chi connectivity index (χ1n) is 34.3. The third-order valence-electron chi connectivity index (χ3n) is 16.1. The van der Waals surface area contributed by atoms with Crippen molar-refractivity contribution >= 4 is 77.7 Å². The first-order valence-corrected chi connectivity index (χ1v) is 33.0. The van der Waals surface area contributed by atoms with Crippen LogP contribution in [0.2, 0.25) is 0 Å². The van der Waals surface area contributed by atoms with E-state index in [0.29, 0.717) is 26.8 Å². The molecule has 20 N–H and O–H groups in total. The minimum Gasteiger partial charge on any atom is -0.458 e. The van der Waals surface area contributed by atoms with Crippen LogP contribution in [0, 0.1) is 58.4 Å². The highest BCUT2D eigenvalue weighted by Gasteiger charge is 2.61. The predicted octanol–water partition coefficient (Wildman–Crippen LogP) is -1.16. The second-order valence-corrected chi connectivity index (χ2v) is 27.4. The number of esters is 4. The number of hydrogen-bond donors (Lipinski definition) is 16. The number of nitrogens with zero attached hydrogens (tertiary/aromatic N) is 4. The molecule has 3 aromatic heterocycles. The fraction of sp³-hybridized carbons (Fsp3) is 0.656. The molecule has 0 unspecified atom stereocenters. The van der Waals surface area contributed by atoms with Crippen LogP contribution in [0.5, 0.6) is 0 Å². The Morgan fingerprint density at radius 2 is 0.808 bits per heavy atom. The summed E-state index contributed by atoms with van der Waals surface area (Å²) in [6.07, 6.45) is -21.7. The number of thiocarbonyl (C=S) groups is 1. The lowest BCUT2D eigenvalue weighted by molar-refractivity contribution is -0.219. The largest absolute Gasteiger partial charge is 0.458 e. The van der Waals surface area contributed by atoms with Crippen molar-refractivity contribution in [3.63, 3.8) is 0 Å².